The quantitative estimate of drug-likeness (QED) is 0.336. The lowest BCUT2D eigenvalue weighted by atomic mass is 10.1. The molecule has 0 aliphatic heterocycles. The van der Waals surface area contributed by atoms with Gasteiger partial charge in [0.2, 0.25) is 5.91 Å². The molecule has 0 aliphatic carbocycles. The van der Waals surface area contributed by atoms with Crippen molar-refractivity contribution >= 4 is 28.5 Å². The zero-order valence-corrected chi connectivity index (χ0v) is 20.3. The fraction of sp³-hybridized carbons (Fsp3) is 0.259. The largest absolute Gasteiger partial charge is 0.487 e. The van der Waals surface area contributed by atoms with Crippen LogP contribution in [0.4, 0.5) is 5.69 Å². The van der Waals surface area contributed by atoms with E-state index in [0.29, 0.717) is 34.6 Å². The molecule has 0 saturated heterocycles. The Morgan fingerprint density at radius 2 is 1.94 bits per heavy atom. The first kappa shape index (κ1) is 24.9. The van der Waals surface area contributed by atoms with E-state index in [9.17, 15) is 9.59 Å². The fourth-order valence-electron chi connectivity index (χ4n) is 3.87. The summed E-state index contributed by atoms with van der Waals surface area (Å²) in [6.07, 6.45) is 5.53. The molecule has 9 nitrogen and oxygen atoms in total. The van der Waals surface area contributed by atoms with E-state index < -0.39 is 0 Å². The molecule has 0 unspecified atom stereocenters. The number of aryl methyl sites for hydroxylation is 2. The average molecular weight is 488 g/mol. The molecule has 0 radical (unpaired) electrons. The van der Waals surface area contributed by atoms with Gasteiger partial charge >= 0.3 is 0 Å². The van der Waals surface area contributed by atoms with E-state index in [1.54, 1.807) is 36.9 Å². The van der Waals surface area contributed by atoms with Crippen LogP contribution in [0.2, 0.25) is 0 Å². The lowest BCUT2D eigenvalue weighted by Crippen LogP contribution is -2.34. The Bertz CT molecular complexity index is 1310. The van der Waals surface area contributed by atoms with Crippen molar-refractivity contribution in [3.63, 3.8) is 0 Å². The number of hydrogen-bond donors (Lipinski definition) is 2. The molecule has 0 fully saturated rings. The molecule has 2 aromatic heterocycles. The fourth-order valence-corrected chi connectivity index (χ4v) is 3.87. The number of anilines is 1. The minimum Gasteiger partial charge on any atom is -0.487 e. The number of nitrogens with zero attached hydrogens (tertiary/aromatic N) is 3. The SMILES string of the molecule is COCC(=O)Nc1cc(C(=O)NC[C@@H](C)Oc2cccnc2)c2c(c1)ncn2CCc1ccccc1. The van der Waals surface area contributed by atoms with Crippen LogP contribution in [0.1, 0.15) is 22.8 Å². The third kappa shape index (κ3) is 6.45. The molecule has 0 bridgehead atoms. The summed E-state index contributed by atoms with van der Waals surface area (Å²) in [7, 11) is 1.45. The lowest BCUT2D eigenvalue weighted by Gasteiger charge is -2.16. The van der Waals surface area contributed by atoms with Gasteiger partial charge in [-0.3, -0.25) is 14.6 Å². The maximum absolute atomic E-state index is 13.3. The van der Waals surface area contributed by atoms with E-state index in [-0.39, 0.29) is 31.1 Å². The first-order chi connectivity index (χ1) is 17.5. The number of imidazole rings is 1. The van der Waals surface area contributed by atoms with Crippen molar-refractivity contribution in [1.82, 2.24) is 19.9 Å². The average Bonchev–Trinajstić information content (AvgIpc) is 3.29. The van der Waals surface area contributed by atoms with E-state index in [1.165, 1.54) is 12.7 Å². The highest BCUT2D eigenvalue weighted by molar-refractivity contribution is 6.07. The molecule has 1 atom stereocenters. The summed E-state index contributed by atoms with van der Waals surface area (Å²) >= 11 is 0. The van der Waals surface area contributed by atoms with E-state index >= 15 is 0 Å². The maximum Gasteiger partial charge on any atom is 0.253 e. The minimum atomic E-state index is -0.315. The molecule has 36 heavy (non-hydrogen) atoms. The Balaban J connectivity index is 1.56. The van der Waals surface area contributed by atoms with Gasteiger partial charge in [0.1, 0.15) is 18.5 Å². The summed E-state index contributed by atoms with van der Waals surface area (Å²) in [4.78, 5) is 34.0. The van der Waals surface area contributed by atoms with Gasteiger partial charge in [0.25, 0.3) is 5.91 Å². The van der Waals surface area contributed by atoms with Gasteiger partial charge in [0.05, 0.1) is 35.7 Å². The summed E-state index contributed by atoms with van der Waals surface area (Å²) in [5.74, 6) is 0.0274. The molecule has 0 aliphatic rings. The van der Waals surface area contributed by atoms with Gasteiger partial charge < -0.3 is 24.7 Å². The molecule has 2 N–H and O–H groups in total. The molecule has 2 heterocycles. The van der Waals surface area contributed by atoms with Crippen LogP contribution in [0.15, 0.2) is 73.3 Å². The van der Waals surface area contributed by atoms with Crippen LogP contribution >= 0.6 is 0 Å². The summed E-state index contributed by atoms with van der Waals surface area (Å²) < 4.78 is 12.7. The molecule has 0 spiro atoms. The summed E-state index contributed by atoms with van der Waals surface area (Å²) in [5, 5.41) is 5.71. The number of carbonyl (C=O) groups is 2. The van der Waals surface area contributed by atoms with Crippen LogP contribution in [0, 0.1) is 0 Å². The predicted octanol–water partition coefficient (Wildman–Crippen LogP) is 3.46. The van der Waals surface area contributed by atoms with Gasteiger partial charge in [-0.2, -0.15) is 0 Å². The zero-order valence-electron chi connectivity index (χ0n) is 20.3. The number of methoxy groups -OCH3 is 1. The van der Waals surface area contributed by atoms with Gasteiger partial charge in [-0.1, -0.05) is 30.3 Å². The van der Waals surface area contributed by atoms with E-state index in [2.05, 4.69) is 32.7 Å². The first-order valence-corrected chi connectivity index (χ1v) is 11.7. The standard InChI is InChI=1S/C27H29N5O4/c1-19(36-22-9-6-11-28-16-22)15-29-27(34)23-13-21(31-25(33)17-35-2)14-24-26(23)32(18-30-24)12-10-20-7-4-3-5-8-20/h3-9,11,13-14,16,18-19H,10,12,15,17H2,1-2H3,(H,29,34)(H,31,33)/t19-/m1/s1. The van der Waals surface area contributed by atoms with Crippen molar-refractivity contribution < 1.29 is 19.1 Å². The third-order valence-corrected chi connectivity index (χ3v) is 5.52. The van der Waals surface area contributed by atoms with Crippen molar-refractivity contribution in [2.75, 3.05) is 25.6 Å². The van der Waals surface area contributed by atoms with Crippen LogP contribution in [-0.4, -0.2) is 52.7 Å². The molecular weight excluding hydrogens is 458 g/mol. The molecular formula is C27H29N5O4. The normalized spacial score (nSPS) is 11.7. The van der Waals surface area contributed by atoms with E-state index in [1.807, 2.05) is 35.8 Å². The Kier molecular flexibility index (Phi) is 8.25. The zero-order chi connectivity index (χ0) is 25.3. The van der Waals surface area contributed by atoms with Crippen molar-refractivity contribution in [2.24, 2.45) is 0 Å². The van der Waals surface area contributed by atoms with Crippen LogP contribution in [0.25, 0.3) is 11.0 Å². The smallest absolute Gasteiger partial charge is 0.253 e. The van der Waals surface area contributed by atoms with Crippen LogP contribution in [-0.2, 0) is 22.5 Å². The number of fused-ring (bicyclic) bond motifs is 1. The number of aromatic nitrogens is 3. The van der Waals surface area contributed by atoms with Gasteiger partial charge in [-0.15, -0.1) is 0 Å². The summed E-state index contributed by atoms with van der Waals surface area (Å²) in [5.41, 5.74) is 3.40. The number of nitrogens with one attached hydrogen (secondary N) is 2. The molecule has 0 saturated carbocycles. The maximum atomic E-state index is 13.3. The van der Waals surface area contributed by atoms with Crippen LogP contribution in [0.3, 0.4) is 0 Å². The van der Waals surface area contributed by atoms with E-state index in [4.69, 9.17) is 9.47 Å². The highest BCUT2D eigenvalue weighted by Gasteiger charge is 2.18. The molecule has 186 valence electrons. The molecule has 4 rings (SSSR count). The van der Waals surface area contributed by atoms with Crippen molar-refractivity contribution in [2.45, 2.75) is 26.0 Å². The third-order valence-electron chi connectivity index (χ3n) is 5.52. The number of ether oxygens (including phenoxy) is 2. The van der Waals surface area contributed by atoms with E-state index in [0.717, 1.165) is 6.42 Å². The van der Waals surface area contributed by atoms with Crippen LogP contribution < -0.4 is 15.4 Å². The second kappa shape index (κ2) is 11.9. The second-order valence-electron chi connectivity index (χ2n) is 8.37. The summed E-state index contributed by atoms with van der Waals surface area (Å²) in [6, 6.07) is 17.2. The number of pyridine rings is 1. The topological polar surface area (TPSA) is 107 Å². The minimum absolute atomic E-state index is 0.0890. The molecule has 2 aromatic carbocycles. The van der Waals surface area contributed by atoms with Gasteiger partial charge in [-0.25, -0.2) is 4.98 Å². The molecule has 2 amide bonds. The van der Waals surface area contributed by atoms with Crippen molar-refractivity contribution in [3.8, 4) is 5.75 Å². The Morgan fingerprint density at radius 1 is 1.11 bits per heavy atom. The predicted molar refractivity (Wildman–Crippen MR) is 137 cm³/mol. The summed E-state index contributed by atoms with van der Waals surface area (Å²) in [6.45, 7) is 2.72. The van der Waals surface area contributed by atoms with Crippen molar-refractivity contribution in [3.05, 3.63) is 84.4 Å². The number of carbonyl (C=O) groups excluding carboxylic acids is 2. The monoisotopic (exact) mass is 487 g/mol. The molecule has 9 heteroatoms. The van der Waals surface area contributed by atoms with Gasteiger partial charge in [0.15, 0.2) is 0 Å². The number of benzene rings is 2. The highest BCUT2D eigenvalue weighted by atomic mass is 16.5. The number of amides is 2. The first-order valence-electron chi connectivity index (χ1n) is 11.7. The van der Waals surface area contributed by atoms with Gasteiger partial charge in [-0.05, 0) is 43.2 Å². The highest BCUT2D eigenvalue weighted by Crippen LogP contribution is 2.24. The number of hydrogen-bond acceptors (Lipinski definition) is 6. The van der Waals surface area contributed by atoms with Gasteiger partial charge in [0, 0.05) is 25.5 Å². The Hall–Kier alpha value is -4.24. The lowest BCUT2D eigenvalue weighted by molar-refractivity contribution is -0.119. The molecule has 4 aromatic rings. The number of rotatable bonds is 11. The van der Waals surface area contributed by atoms with Crippen LogP contribution in [0.5, 0.6) is 5.75 Å². The van der Waals surface area contributed by atoms with Crippen molar-refractivity contribution in [1.29, 1.82) is 0 Å². The Labute approximate surface area is 209 Å². The Morgan fingerprint density at radius 3 is 2.69 bits per heavy atom. The second-order valence-corrected chi connectivity index (χ2v) is 8.37.